The van der Waals surface area contributed by atoms with Gasteiger partial charge in [-0.15, -0.1) is 22.7 Å². The maximum absolute atomic E-state index is 14.5. The minimum atomic E-state index is -1.56. The van der Waals surface area contributed by atoms with Crippen molar-refractivity contribution in [2.24, 2.45) is 0 Å². The number of nitrogens with one attached hydrogen (secondary N) is 1. The van der Waals surface area contributed by atoms with Gasteiger partial charge < -0.3 is 10.2 Å². The molecule has 0 saturated carbocycles. The van der Waals surface area contributed by atoms with Gasteiger partial charge in [-0.05, 0) is 57.1 Å². The Morgan fingerprint density at radius 3 is 2.80 bits per heavy atom. The largest absolute Gasteiger partial charge is 0.347 e. The van der Waals surface area contributed by atoms with Crippen LogP contribution in [-0.2, 0) is 11.2 Å². The average Bonchev–Trinajstić information content (AvgIpc) is 3.16. The number of hydrogen-bond acceptors (Lipinski definition) is 5. The Morgan fingerprint density at radius 1 is 1.44 bits per heavy atom. The van der Waals surface area contributed by atoms with E-state index in [0.29, 0.717) is 18.5 Å². The molecule has 3 rings (SSSR count). The second kappa shape index (κ2) is 7.97. The number of carbonyl (C=O) groups is 2. The summed E-state index contributed by atoms with van der Waals surface area (Å²) in [5.74, 6) is -0.442. The fourth-order valence-corrected chi connectivity index (χ4v) is 5.13. The summed E-state index contributed by atoms with van der Waals surface area (Å²) < 4.78 is 16.3. The number of aryl methyl sites for hydroxylation is 1. The molecule has 0 aromatic carbocycles. The Kier molecular flexibility index (Phi) is 6.11. The first-order chi connectivity index (χ1) is 11.8. The number of likely N-dealkylation sites (tertiary alicyclic amines) is 1. The first kappa shape index (κ1) is 19.2. The van der Waals surface area contributed by atoms with Gasteiger partial charge in [0.25, 0.3) is 5.91 Å². The Bertz CT molecular complexity index is 791. The van der Waals surface area contributed by atoms with Gasteiger partial charge in [-0.3, -0.25) is 9.59 Å². The van der Waals surface area contributed by atoms with Crippen molar-refractivity contribution in [1.82, 2.24) is 15.2 Å². The van der Waals surface area contributed by atoms with Crippen LogP contribution in [0.4, 0.5) is 4.39 Å². The number of halogens is 3. The van der Waals surface area contributed by atoms with E-state index < -0.39 is 5.67 Å². The minimum Gasteiger partial charge on any atom is -0.347 e. The number of carbonyl (C=O) groups excluding carboxylic acids is 2. The first-order valence-corrected chi connectivity index (χ1v) is 11.0. The molecule has 0 unspecified atom stereocenters. The van der Waals surface area contributed by atoms with E-state index in [1.54, 1.807) is 16.7 Å². The van der Waals surface area contributed by atoms with E-state index in [-0.39, 0.29) is 31.4 Å². The lowest BCUT2D eigenvalue weighted by molar-refractivity contribution is -0.144. The summed E-state index contributed by atoms with van der Waals surface area (Å²) in [7, 11) is 0. The van der Waals surface area contributed by atoms with E-state index in [1.165, 1.54) is 16.2 Å². The highest BCUT2D eigenvalue weighted by molar-refractivity contribution is 14.1. The van der Waals surface area contributed by atoms with E-state index in [1.807, 2.05) is 34.7 Å². The van der Waals surface area contributed by atoms with Crippen LogP contribution in [0.5, 0.6) is 0 Å². The lowest BCUT2D eigenvalue weighted by Crippen LogP contribution is -2.65. The van der Waals surface area contributed by atoms with Crippen LogP contribution in [-0.4, -0.2) is 47.0 Å². The SMILES string of the molecule is O=C(NCC1(F)CN(C(=O)CCc2ccc(Br)s2)C1)c1csc(I)n1. The fraction of sp³-hybridized carbons (Fsp3) is 0.400. The van der Waals surface area contributed by atoms with Crippen molar-refractivity contribution in [3.8, 4) is 0 Å². The van der Waals surface area contributed by atoms with Crippen LogP contribution in [0, 0.1) is 3.01 Å². The smallest absolute Gasteiger partial charge is 0.270 e. The molecular formula is C15H14BrFIN3O2S2. The third kappa shape index (κ3) is 4.98. The summed E-state index contributed by atoms with van der Waals surface area (Å²) in [5, 5.41) is 4.20. The zero-order chi connectivity index (χ0) is 18.0. The van der Waals surface area contributed by atoms with Crippen LogP contribution < -0.4 is 5.32 Å². The fourth-order valence-electron chi connectivity index (χ4n) is 2.49. The third-order valence-corrected chi connectivity index (χ3v) is 7.10. The molecule has 0 spiro atoms. The van der Waals surface area contributed by atoms with Crippen molar-refractivity contribution in [3.05, 3.63) is 34.9 Å². The molecular weight excluding hydrogens is 544 g/mol. The van der Waals surface area contributed by atoms with Crippen molar-refractivity contribution < 1.29 is 14.0 Å². The number of thiazole rings is 1. The lowest BCUT2D eigenvalue weighted by atomic mass is 9.95. The standard InChI is InChI=1S/C15H14BrFIN3O2S2/c16-11-3-1-9(25-11)2-4-12(22)21-7-15(17,8-21)6-19-13(23)10-5-24-14(18)20-10/h1,3,5H,2,4,6-8H2,(H,19,23). The third-order valence-electron chi connectivity index (χ3n) is 3.79. The van der Waals surface area contributed by atoms with Crippen LogP contribution in [0.1, 0.15) is 21.8 Å². The molecule has 0 aliphatic carbocycles. The van der Waals surface area contributed by atoms with Crippen molar-refractivity contribution in [3.63, 3.8) is 0 Å². The normalized spacial score (nSPS) is 15.7. The maximum atomic E-state index is 14.5. The monoisotopic (exact) mass is 557 g/mol. The van der Waals surface area contributed by atoms with Gasteiger partial charge in [0.1, 0.15) is 5.69 Å². The second-order valence-corrected chi connectivity index (χ2v) is 10.9. The highest BCUT2D eigenvalue weighted by Crippen LogP contribution is 2.27. The summed E-state index contributed by atoms with van der Waals surface area (Å²) in [5.41, 5.74) is -1.26. The molecule has 0 radical (unpaired) electrons. The van der Waals surface area contributed by atoms with E-state index in [0.717, 1.165) is 11.7 Å². The van der Waals surface area contributed by atoms with Crippen LogP contribution in [0.15, 0.2) is 21.3 Å². The second-order valence-electron chi connectivity index (χ2n) is 5.77. The van der Waals surface area contributed by atoms with E-state index in [9.17, 15) is 14.0 Å². The zero-order valence-electron chi connectivity index (χ0n) is 12.9. The first-order valence-electron chi connectivity index (χ1n) is 7.45. The van der Waals surface area contributed by atoms with Crippen molar-refractivity contribution >= 4 is 73.0 Å². The highest BCUT2D eigenvalue weighted by Gasteiger charge is 2.45. The van der Waals surface area contributed by atoms with E-state index in [2.05, 4.69) is 26.2 Å². The zero-order valence-corrected chi connectivity index (χ0v) is 18.3. The summed E-state index contributed by atoms with van der Waals surface area (Å²) in [6.07, 6.45) is 1.02. The van der Waals surface area contributed by atoms with Crippen LogP contribution >= 0.6 is 61.2 Å². The number of aromatic nitrogens is 1. The molecule has 2 amide bonds. The molecule has 1 aliphatic rings. The molecule has 5 nitrogen and oxygen atoms in total. The summed E-state index contributed by atoms with van der Waals surface area (Å²) in [6, 6.07) is 3.93. The number of nitrogens with zero attached hydrogens (tertiary/aromatic N) is 2. The number of amides is 2. The molecule has 10 heteroatoms. The number of alkyl halides is 1. The number of thiophene rings is 1. The Hall–Kier alpha value is -0.590. The predicted octanol–water partition coefficient (Wildman–Crippen LogP) is 3.48. The topological polar surface area (TPSA) is 62.3 Å². The van der Waals surface area contributed by atoms with E-state index >= 15 is 0 Å². The van der Waals surface area contributed by atoms with Crippen LogP contribution in [0.2, 0.25) is 0 Å². The molecule has 0 bridgehead atoms. The Balaban J connectivity index is 1.41. The maximum Gasteiger partial charge on any atom is 0.270 e. The lowest BCUT2D eigenvalue weighted by Gasteiger charge is -2.44. The van der Waals surface area contributed by atoms with Gasteiger partial charge >= 0.3 is 0 Å². The molecule has 0 atom stereocenters. The highest BCUT2D eigenvalue weighted by atomic mass is 127. The summed E-state index contributed by atoms with van der Waals surface area (Å²) >= 11 is 8.37. The Morgan fingerprint density at radius 2 is 2.20 bits per heavy atom. The number of rotatable bonds is 6. The van der Waals surface area contributed by atoms with Gasteiger partial charge in [0.15, 0.2) is 8.68 Å². The quantitative estimate of drug-likeness (QED) is 0.553. The van der Waals surface area contributed by atoms with Crippen molar-refractivity contribution in [2.45, 2.75) is 18.5 Å². The molecule has 2 aromatic heterocycles. The molecule has 1 saturated heterocycles. The molecule has 134 valence electrons. The van der Waals surface area contributed by atoms with Crippen molar-refractivity contribution in [2.75, 3.05) is 19.6 Å². The summed E-state index contributed by atoms with van der Waals surface area (Å²) in [6.45, 7) is -0.0642. The molecule has 3 heterocycles. The van der Waals surface area contributed by atoms with Gasteiger partial charge in [-0.25, -0.2) is 9.37 Å². The average molecular weight is 558 g/mol. The summed E-state index contributed by atoms with van der Waals surface area (Å²) in [4.78, 5) is 30.7. The van der Waals surface area contributed by atoms with E-state index in [4.69, 9.17) is 0 Å². The molecule has 1 N–H and O–H groups in total. The molecule has 1 aliphatic heterocycles. The minimum absolute atomic E-state index is 0.0227. The Labute approximate surface area is 174 Å². The van der Waals surface area contributed by atoms with Gasteiger partial charge in [0.05, 0.1) is 23.4 Å². The van der Waals surface area contributed by atoms with Crippen molar-refractivity contribution in [1.29, 1.82) is 0 Å². The number of hydrogen-bond donors (Lipinski definition) is 1. The van der Waals surface area contributed by atoms with Gasteiger partial charge in [-0.2, -0.15) is 0 Å². The van der Waals surface area contributed by atoms with Crippen LogP contribution in [0.3, 0.4) is 0 Å². The van der Waals surface area contributed by atoms with Gasteiger partial charge in [0.2, 0.25) is 5.91 Å². The molecule has 2 aromatic rings. The molecule has 1 fully saturated rings. The predicted molar refractivity (Wildman–Crippen MR) is 108 cm³/mol. The molecule has 25 heavy (non-hydrogen) atoms. The van der Waals surface area contributed by atoms with Gasteiger partial charge in [0, 0.05) is 16.7 Å². The van der Waals surface area contributed by atoms with Gasteiger partial charge in [-0.1, -0.05) is 0 Å². The van der Waals surface area contributed by atoms with Crippen LogP contribution in [0.25, 0.3) is 0 Å².